The van der Waals surface area contributed by atoms with Gasteiger partial charge in [0.2, 0.25) is 0 Å². The minimum Gasteiger partial charge on any atom is -0.236 e. The minimum atomic E-state index is -0.589. The van der Waals surface area contributed by atoms with E-state index in [1.165, 1.54) is 23.0 Å². The van der Waals surface area contributed by atoms with E-state index >= 15 is 0 Å². The van der Waals surface area contributed by atoms with E-state index in [0.29, 0.717) is 22.1 Å². The van der Waals surface area contributed by atoms with Gasteiger partial charge in [-0.1, -0.05) is 22.9 Å². The minimum absolute atomic E-state index is 0.00879. The molecule has 0 radical (unpaired) electrons. The van der Waals surface area contributed by atoms with Gasteiger partial charge in [-0.3, -0.25) is 0 Å². The van der Waals surface area contributed by atoms with Gasteiger partial charge in [0.15, 0.2) is 5.82 Å². The van der Waals surface area contributed by atoms with Crippen LogP contribution in [0.3, 0.4) is 0 Å². The van der Waals surface area contributed by atoms with Gasteiger partial charge in [-0.25, -0.2) is 14.1 Å². The summed E-state index contributed by atoms with van der Waals surface area (Å²) in [4.78, 5) is 4.11. The summed E-state index contributed by atoms with van der Waals surface area (Å²) in [6, 6.07) is 9.43. The molecule has 0 atom stereocenters. The van der Waals surface area contributed by atoms with Crippen LogP contribution in [0.4, 0.5) is 4.39 Å². The second-order valence-corrected chi connectivity index (χ2v) is 4.63. The fourth-order valence-corrected chi connectivity index (χ4v) is 1.89. The second-order valence-electron chi connectivity index (χ2n) is 4.19. The Hall–Kier alpha value is -2.78. The van der Waals surface area contributed by atoms with Crippen LogP contribution >= 0.6 is 11.6 Å². The standard InChI is InChI=1S/C14H7ClFN5/c15-11-3-4-14(18-7-11)21-8-13(19-20-21)9-1-2-10(6-17)12(16)5-9/h1-5,7-8H. The predicted molar refractivity (Wildman–Crippen MR) is 74.3 cm³/mol. The summed E-state index contributed by atoms with van der Waals surface area (Å²) < 4.78 is 15.1. The molecule has 0 aliphatic carbocycles. The highest BCUT2D eigenvalue weighted by molar-refractivity contribution is 6.30. The molecule has 2 aromatic heterocycles. The number of hydrogen-bond acceptors (Lipinski definition) is 4. The molecule has 0 amide bonds. The Labute approximate surface area is 124 Å². The third-order valence-corrected chi connectivity index (χ3v) is 3.05. The number of hydrogen-bond donors (Lipinski definition) is 0. The van der Waals surface area contributed by atoms with E-state index < -0.39 is 5.82 Å². The lowest BCUT2D eigenvalue weighted by Crippen LogP contribution is -1.97. The third kappa shape index (κ3) is 2.59. The van der Waals surface area contributed by atoms with Crippen molar-refractivity contribution in [3.05, 3.63) is 59.1 Å². The quantitative estimate of drug-likeness (QED) is 0.729. The van der Waals surface area contributed by atoms with Gasteiger partial charge in [0.25, 0.3) is 0 Å². The maximum atomic E-state index is 13.6. The normalized spacial score (nSPS) is 10.3. The van der Waals surface area contributed by atoms with Gasteiger partial charge in [0, 0.05) is 11.8 Å². The van der Waals surface area contributed by atoms with Gasteiger partial charge in [0.05, 0.1) is 16.8 Å². The van der Waals surface area contributed by atoms with Crippen molar-refractivity contribution < 1.29 is 4.39 Å². The highest BCUT2D eigenvalue weighted by atomic mass is 35.5. The molecule has 0 aliphatic rings. The van der Waals surface area contributed by atoms with E-state index in [1.54, 1.807) is 30.5 Å². The van der Waals surface area contributed by atoms with Crippen LogP contribution < -0.4 is 0 Å². The highest BCUT2D eigenvalue weighted by Crippen LogP contribution is 2.20. The number of pyridine rings is 1. The lowest BCUT2D eigenvalue weighted by Gasteiger charge is -1.98. The zero-order valence-electron chi connectivity index (χ0n) is 10.5. The number of nitrogens with zero attached hydrogens (tertiary/aromatic N) is 5. The first-order valence-electron chi connectivity index (χ1n) is 5.91. The largest absolute Gasteiger partial charge is 0.236 e. The molecule has 102 valence electrons. The highest BCUT2D eigenvalue weighted by Gasteiger charge is 2.09. The van der Waals surface area contributed by atoms with Crippen molar-refractivity contribution in [2.75, 3.05) is 0 Å². The number of rotatable bonds is 2. The van der Waals surface area contributed by atoms with E-state index in [1.807, 2.05) is 0 Å². The Morgan fingerprint density at radius 2 is 2.10 bits per heavy atom. The third-order valence-electron chi connectivity index (χ3n) is 2.83. The van der Waals surface area contributed by atoms with Crippen LogP contribution in [0, 0.1) is 17.1 Å². The van der Waals surface area contributed by atoms with Crippen molar-refractivity contribution in [2.24, 2.45) is 0 Å². The Balaban J connectivity index is 1.97. The molecule has 21 heavy (non-hydrogen) atoms. The van der Waals surface area contributed by atoms with Gasteiger partial charge >= 0.3 is 0 Å². The average molecular weight is 300 g/mol. The average Bonchev–Trinajstić information content (AvgIpc) is 2.98. The Bertz CT molecular complexity index is 835. The molecule has 0 aliphatic heterocycles. The number of halogens is 2. The van der Waals surface area contributed by atoms with Gasteiger partial charge in [0.1, 0.15) is 17.6 Å². The molecular weight excluding hydrogens is 293 g/mol. The summed E-state index contributed by atoms with van der Waals surface area (Å²) in [7, 11) is 0. The Morgan fingerprint density at radius 3 is 2.76 bits per heavy atom. The van der Waals surface area contributed by atoms with Crippen LogP contribution in [0.5, 0.6) is 0 Å². The molecule has 0 saturated carbocycles. The van der Waals surface area contributed by atoms with Crippen molar-refractivity contribution in [3.63, 3.8) is 0 Å². The Kier molecular flexibility index (Phi) is 3.34. The lowest BCUT2D eigenvalue weighted by atomic mass is 10.1. The van der Waals surface area contributed by atoms with Crippen LogP contribution in [0.2, 0.25) is 5.02 Å². The van der Waals surface area contributed by atoms with Crippen molar-refractivity contribution in [1.82, 2.24) is 20.0 Å². The van der Waals surface area contributed by atoms with E-state index in [9.17, 15) is 4.39 Å². The zero-order valence-corrected chi connectivity index (χ0v) is 11.3. The molecule has 0 fully saturated rings. The van der Waals surface area contributed by atoms with Crippen LogP contribution in [0.15, 0.2) is 42.7 Å². The predicted octanol–water partition coefficient (Wildman–Crippen LogP) is 2.99. The molecule has 3 aromatic rings. The summed E-state index contributed by atoms with van der Waals surface area (Å²) in [5, 5.41) is 17.1. The molecular formula is C14H7ClFN5. The van der Waals surface area contributed by atoms with Gasteiger partial charge in [-0.05, 0) is 24.3 Å². The Morgan fingerprint density at radius 1 is 1.24 bits per heavy atom. The summed E-state index contributed by atoms with van der Waals surface area (Å²) in [5.74, 6) is -0.0403. The molecule has 0 saturated heterocycles. The topological polar surface area (TPSA) is 67.4 Å². The first-order valence-corrected chi connectivity index (χ1v) is 6.29. The second kappa shape index (κ2) is 5.31. The van der Waals surface area contributed by atoms with Crippen LogP contribution in [-0.2, 0) is 0 Å². The number of benzene rings is 1. The maximum absolute atomic E-state index is 13.6. The van der Waals surface area contributed by atoms with Crippen molar-refractivity contribution in [1.29, 1.82) is 5.26 Å². The van der Waals surface area contributed by atoms with Crippen LogP contribution in [0.1, 0.15) is 5.56 Å². The molecule has 0 spiro atoms. The molecule has 7 heteroatoms. The molecule has 0 unspecified atom stereocenters. The van der Waals surface area contributed by atoms with Crippen LogP contribution in [-0.4, -0.2) is 20.0 Å². The maximum Gasteiger partial charge on any atom is 0.155 e. The van der Waals surface area contributed by atoms with Gasteiger partial charge < -0.3 is 0 Å². The molecule has 1 aromatic carbocycles. The fourth-order valence-electron chi connectivity index (χ4n) is 1.78. The summed E-state index contributed by atoms with van der Waals surface area (Å²) in [6.07, 6.45) is 3.12. The van der Waals surface area contributed by atoms with E-state index in [2.05, 4.69) is 15.3 Å². The van der Waals surface area contributed by atoms with Gasteiger partial charge in [-0.2, -0.15) is 5.26 Å². The SMILES string of the molecule is N#Cc1ccc(-c2cn(-c3ccc(Cl)cn3)nn2)cc1F. The molecule has 0 bridgehead atoms. The molecule has 5 nitrogen and oxygen atoms in total. The van der Waals surface area contributed by atoms with Gasteiger partial charge in [-0.15, -0.1) is 5.10 Å². The smallest absolute Gasteiger partial charge is 0.155 e. The monoisotopic (exact) mass is 299 g/mol. The number of nitriles is 1. The first-order chi connectivity index (χ1) is 10.2. The van der Waals surface area contributed by atoms with Crippen molar-refractivity contribution in [2.45, 2.75) is 0 Å². The molecule has 0 N–H and O–H groups in total. The fraction of sp³-hybridized carbons (Fsp3) is 0. The zero-order chi connectivity index (χ0) is 14.8. The van der Waals surface area contributed by atoms with Crippen LogP contribution in [0.25, 0.3) is 17.1 Å². The van der Waals surface area contributed by atoms with E-state index in [-0.39, 0.29) is 5.56 Å². The summed E-state index contributed by atoms with van der Waals surface area (Å²) in [5.41, 5.74) is 1.01. The van der Waals surface area contributed by atoms with Crippen molar-refractivity contribution in [3.8, 4) is 23.1 Å². The summed E-state index contributed by atoms with van der Waals surface area (Å²) in [6.45, 7) is 0. The number of aromatic nitrogens is 4. The van der Waals surface area contributed by atoms with Crippen molar-refractivity contribution >= 4 is 11.6 Å². The molecule has 2 heterocycles. The first kappa shape index (κ1) is 13.2. The van der Waals surface area contributed by atoms with E-state index in [0.717, 1.165) is 0 Å². The summed E-state index contributed by atoms with van der Waals surface area (Å²) >= 11 is 5.77. The molecule has 3 rings (SSSR count). The lowest BCUT2D eigenvalue weighted by molar-refractivity contribution is 0.624. The van der Waals surface area contributed by atoms with E-state index in [4.69, 9.17) is 16.9 Å².